The lowest BCUT2D eigenvalue weighted by Gasteiger charge is -2.34. The first-order chi connectivity index (χ1) is 9.77. The minimum atomic E-state index is -1.03. The predicted octanol–water partition coefficient (Wildman–Crippen LogP) is 3.62. The fourth-order valence-electron chi connectivity index (χ4n) is 1.98. The number of aliphatic carboxylic acids is 1. The molecule has 0 unspecified atom stereocenters. The van der Waals surface area contributed by atoms with E-state index in [1.54, 1.807) is 32.1 Å². The summed E-state index contributed by atoms with van der Waals surface area (Å²) in [5.41, 5.74) is 0.0835. The third-order valence-corrected chi connectivity index (χ3v) is 3.95. The summed E-state index contributed by atoms with van der Waals surface area (Å²) in [5, 5.41) is 14.8. The maximum absolute atomic E-state index is 12.3. The van der Waals surface area contributed by atoms with Gasteiger partial charge < -0.3 is 15.3 Å². The molecule has 0 aliphatic carbocycles. The van der Waals surface area contributed by atoms with E-state index >= 15 is 0 Å². The van der Waals surface area contributed by atoms with Crippen LogP contribution in [0.1, 0.15) is 20.8 Å². The highest BCUT2D eigenvalue weighted by molar-refractivity contribution is 7.17. The van der Waals surface area contributed by atoms with E-state index in [2.05, 4.69) is 5.32 Å². The summed E-state index contributed by atoms with van der Waals surface area (Å²) >= 11 is 1.63. The Labute approximate surface area is 127 Å². The second kappa shape index (κ2) is 5.73. The van der Waals surface area contributed by atoms with E-state index in [1.165, 1.54) is 4.90 Å². The van der Waals surface area contributed by atoms with Gasteiger partial charge in [0.15, 0.2) is 0 Å². The van der Waals surface area contributed by atoms with Crippen molar-refractivity contribution in [2.75, 3.05) is 11.9 Å². The second-order valence-corrected chi connectivity index (χ2v) is 6.70. The predicted molar refractivity (Wildman–Crippen MR) is 84.9 cm³/mol. The van der Waals surface area contributed by atoms with Gasteiger partial charge in [-0.2, -0.15) is 0 Å². The van der Waals surface area contributed by atoms with Gasteiger partial charge in [0.25, 0.3) is 0 Å². The molecule has 21 heavy (non-hydrogen) atoms. The highest BCUT2D eigenvalue weighted by Crippen LogP contribution is 2.24. The molecule has 2 N–H and O–H groups in total. The Bertz CT molecular complexity index is 673. The van der Waals surface area contributed by atoms with Crippen LogP contribution in [-0.2, 0) is 4.79 Å². The molecule has 1 aromatic carbocycles. The minimum absolute atomic E-state index is 0.337. The Morgan fingerprint density at radius 2 is 2.00 bits per heavy atom. The lowest BCUT2D eigenvalue weighted by molar-refractivity contribution is -0.138. The number of anilines is 1. The second-order valence-electron chi connectivity index (χ2n) is 5.75. The van der Waals surface area contributed by atoms with Gasteiger partial charge in [-0.25, -0.2) is 4.79 Å². The topological polar surface area (TPSA) is 69.6 Å². The zero-order valence-corrected chi connectivity index (χ0v) is 13.0. The maximum atomic E-state index is 12.3. The largest absolute Gasteiger partial charge is 0.480 e. The number of carboxylic acid groups (broad SMARTS) is 1. The smallest absolute Gasteiger partial charge is 0.323 e. The van der Waals surface area contributed by atoms with Crippen molar-refractivity contribution in [3.05, 3.63) is 29.6 Å². The molecule has 1 aromatic heterocycles. The molecule has 0 bridgehead atoms. The number of nitrogens with zero attached hydrogens (tertiary/aromatic N) is 1. The molecule has 2 aromatic rings. The van der Waals surface area contributed by atoms with E-state index < -0.39 is 17.5 Å². The summed E-state index contributed by atoms with van der Waals surface area (Å²) < 4.78 is 1.14. The summed E-state index contributed by atoms with van der Waals surface area (Å²) in [6, 6.07) is 7.20. The van der Waals surface area contributed by atoms with Crippen LogP contribution in [0.25, 0.3) is 10.1 Å². The summed E-state index contributed by atoms with van der Waals surface area (Å²) in [5.74, 6) is -1.03. The number of rotatable bonds is 3. The van der Waals surface area contributed by atoms with E-state index in [9.17, 15) is 9.59 Å². The molecule has 0 aliphatic rings. The summed E-state index contributed by atoms with van der Waals surface area (Å²) in [6.07, 6.45) is 0. The Morgan fingerprint density at radius 1 is 1.29 bits per heavy atom. The van der Waals surface area contributed by atoms with Gasteiger partial charge in [-0.05, 0) is 55.8 Å². The fourth-order valence-corrected chi connectivity index (χ4v) is 2.76. The zero-order valence-electron chi connectivity index (χ0n) is 12.2. The molecule has 0 radical (unpaired) electrons. The van der Waals surface area contributed by atoms with Crippen molar-refractivity contribution in [2.45, 2.75) is 26.3 Å². The molecule has 0 saturated carbocycles. The van der Waals surface area contributed by atoms with Crippen molar-refractivity contribution in [3.63, 3.8) is 0 Å². The van der Waals surface area contributed by atoms with Crippen LogP contribution in [0.2, 0.25) is 0 Å². The molecule has 0 saturated heterocycles. The molecule has 0 aliphatic heterocycles. The molecule has 112 valence electrons. The van der Waals surface area contributed by atoms with Gasteiger partial charge in [-0.1, -0.05) is 0 Å². The molecule has 0 spiro atoms. The van der Waals surface area contributed by atoms with Crippen LogP contribution in [0.4, 0.5) is 10.5 Å². The van der Waals surface area contributed by atoms with Gasteiger partial charge in [-0.15, -0.1) is 11.3 Å². The lowest BCUT2D eigenvalue weighted by Crippen LogP contribution is -2.50. The van der Waals surface area contributed by atoms with Crippen LogP contribution < -0.4 is 5.32 Å². The van der Waals surface area contributed by atoms with Crippen molar-refractivity contribution < 1.29 is 14.7 Å². The SMILES string of the molecule is CC(C)(C)N(CC(=O)O)C(=O)Nc1ccc2sccc2c1. The molecule has 0 atom stereocenters. The normalized spacial score (nSPS) is 11.4. The lowest BCUT2D eigenvalue weighted by atomic mass is 10.1. The molecule has 2 rings (SSSR count). The number of carbonyl (C=O) groups excluding carboxylic acids is 1. The van der Waals surface area contributed by atoms with Crippen LogP contribution >= 0.6 is 11.3 Å². The average Bonchev–Trinajstić information content (AvgIpc) is 2.81. The number of carboxylic acids is 1. The molecular weight excluding hydrogens is 288 g/mol. The standard InChI is InChI=1S/C15H18N2O3S/c1-15(2,3)17(9-13(18)19)14(20)16-11-4-5-12-10(8-11)6-7-21-12/h4-8H,9H2,1-3H3,(H,16,20)(H,18,19). The number of fused-ring (bicyclic) bond motifs is 1. The number of urea groups is 1. The van der Waals surface area contributed by atoms with E-state index in [0.717, 1.165) is 10.1 Å². The molecule has 1 heterocycles. The monoisotopic (exact) mass is 306 g/mol. The first-order valence-electron chi connectivity index (χ1n) is 6.55. The Hall–Kier alpha value is -2.08. The number of carbonyl (C=O) groups is 2. The summed E-state index contributed by atoms with van der Waals surface area (Å²) in [4.78, 5) is 24.6. The number of hydrogen-bond acceptors (Lipinski definition) is 3. The first kappa shape index (κ1) is 15.3. The highest BCUT2D eigenvalue weighted by Gasteiger charge is 2.28. The first-order valence-corrected chi connectivity index (χ1v) is 7.43. The van der Waals surface area contributed by atoms with Crippen LogP contribution in [0.15, 0.2) is 29.6 Å². The van der Waals surface area contributed by atoms with E-state index in [-0.39, 0.29) is 6.54 Å². The minimum Gasteiger partial charge on any atom is -0.480 e. The van der Waals surface area contributed by atoms with Crippen molar-refractivity contribution >= 4 is 39.1 Å². The quantitative estimate of drug-likeness (QED) is 0.910. The third kappa shape index (κ3) is 3.72. The summed E-state index contributed by atoms with van der Waals surface area (Å²) in [7, 11) is 0. The molecular formula is C15H18N2O3S. The number of hydrogen-bond donors (Lipinski definition) is 2. The molecule has 0 fully saturated rings. The Balaban J connectivity index is 2.19. The van der Waals surface area contributed by atoms with Gasteiger partial charge in [0, 0.05) is 15.9 Å². The number of benzene rings is 1. The molecule has 2 amide bonds. The van der Waals surface area contributed by atoms with E-state index in [1.807, 2.05) is 29.6 Å². The third-order valence-electron chi connectivity index (χ3n) is 3.05. The average molecular weight is 306 g/mol. The van der Waals surface area contributed by atoms with Crippen molar-refractivity contribution in [1.82, 2.24) is 4.90 Å². The Morgan fingerprint density at radius 3 is 2.62 bits per heavy atom. The van der Waals surface area contributed by atoms with Gasteiger partial charge in [-0.3, -0.25) is 4.79 Å². The molecule has 5 nitrogen and oxygen atoms in total. The fraction of sp³-hybridized carbons (Fsp3) is 0.333. The van der Waals surface area contributed by atoms with Crippen molar-refractivity contribution in [2.24, 2.45) is 0 Å². The maximum Gasteiger partial charge on any atom is 0.323 e. The molecule has 6 heteroatoms. The van der Waals surface area contributed by atoms with Gasteiger partial charge in [0.1, 0.15) is 6.54 Å². The van der Waals surface area contributed by atoms with Crippen LogP contribution in [-0.4, -0.2) is 34.1 Å². The zero-order chi connectivity index (χ0) is 15.6. The van der Waals surface area contributed by atoms with Crippen molar-refractivity contribution in [1.29, 1.82) is 0 Å². The van der Waals surface area contributed by atoms with Gasteiger partial charge in [0.05, 0.1) is 0 Å². The van der Waals surface area contributed by atoms with Crippen LogP contribution in [0.5, 0.6) is 0 Å². The number of nitrogens with one attached hydrogen (secondary N) is 1. The van der Waals surface area contributed by atoms with Gasteiger partial charge in [0.2, 0.25) is 0 Å². The van der Waals surface area contributed by atoms with Crippen LogP contribution in [0.3, 0.4) is 0 Å². The summed E-state index contributed by atoms with van der Waals surface area (Å²) in [6.45, 7) is 5.07. The van der Waals surface area contributed by atoms with Crippen LogP contribution in [0, 0.1) is 0 Å². The number of thiophene rings is 1. The van der Waals surface area contributed by atoms with Crippen molar-refractivity contribution in [3.8, 4) is 0 Å². The number of amides is 2. The van der Waals surface area contributed by atoms with E-state index in [0.29, 0.717) is 5.69 Å². The highest BCUT2D eigenvalue weighted by atomic mass is 32.1. The Kier molecular flexibility index (Phi) is 4.18. The van der Waals surface area contributed by atoms with Gasteiger partial charge >= 0.3 is 12.0 Å². The van der Waals surface area contributed by atoms with E-state index in [4.69, 9.17) is 5.11 Å².